The topological polar surface area (TPSA) is 33.0 Å². The van der Waals surface area contributed by atoms with Crippen LogP contribution in [0.4, 0.5) is 5.69 Å². The number of para-hydroxylation sites is 1. The highest BCUT2D eigenvalue weighted by Gasteiger charge is 2.23. The van der Waals surface area contributed by atoms with Crippen molar-refractivity contribution in [2.24, 2.45) is 0 Å². The highest BCUT2D eigenvalue weighted by Crippen LogP contribution is 2.32. The number of halogens is 1. The summed E-state index contributed by atoms with van der Waals surface area (Å²) in [6.07, 6.45) is 6.04. The molecule has 4 heteroatoms. The molecule has 3 aromatic rings. The Morgan fingerprint density at radius 1 is 1.00 bits per heavy atom. The number of carbonyl (C=O) groups is 1. The summed E-state index contributed by atoms with van der Waals surface area (Å²) >= 11 is 0. The van der Waals surface area contributed by atoms with Crippen LogP contribution in [0.2, 0.25) is 0 Å². The lowest BCUT2D eigenvalue weighted by Gasteiger charge is -2.01. The van der Waals surface area contributed by atoms with Gasteiger partial charge in [0.2, 0.25) is 0 Å². The number of hydrogen-bond acceptors (Lipinski definition) is 1. The molecular formula is C22H19ClN2O. The van der Waals surface area contributed by atoms with Crippen molar-refractivity contribution in [2.45, 2.75) is 13.5 Å². The van der Waals surface area contributed by atoms with E-state index in [4.69, 9.17) is 0 Å². The number of carbonyl (C=O) groups excluding carboxylic acids is 1. The Morgan fingerprint density at radius 3 is 2.54 bits per heavy atom. The largest absolute Gasteiger partial charge is 1.00 e. The van der Waals surface area contributed by atoms with Gasteiger partial charge in [-0.15, -0.1) is 0 Å². The van der Waals surface area contributed by atoms with Crippen molar-refractivity contribution in [3.8, 4) is 0 Å². The summed E-state index contributed by atoms with van der Waals surface area (Å²) in [6, 6.07) is 20.4. The fourth-order valence-corrected chi connectivity index (χ4v) is 3.14. The number of hydrogen-bond donors (Lipinski definition) is 1. The molecule has 1 N–H and O–H groups in total. The van der Waals surface area contributed by atoms with Crippen molar-refractivity contribution in [1.82, 2.24) is 0 Å². The second kappa shape index (κ2) is 7.54. The number of nitrogens with one attached hydrogen (secondary N) is 1. The normalized spacial score (nSPS) is 13.9. The van der Waals surface area contributed by atoms with Gasteiger partial charge in [0, 0.05) is 34.5 Å². The number of benzene rings is 2. The minimum absolute atomic E-state index is 0. The Morgan fingerprint density at radius 2 is 1.77 bits per heavy atom. The van der Waals surface area contributed by atoms with Crippen LogP contribution < -0.4 is 22.3 Å². The third-order valence-corrected chi connectivity index (χ3v) is 4.39. The average Bonchev–Trinajstić information content (AvgIpc) is 2.92. The molecule has 1 amide bonds. The van der Waals surface area contributed by atoms with Gasteiger partial charge in [0.1, 0.15) is 0 Å². The van der Waals surface area contributed by atoms with Gasteiger partial charge < -0.3 is 17.7 Å². The minimum atomic E-state index is -0.0438. The van der Waals surface area contributed by atoms with Crippen molar-refractivity contribution in [3.63, 3.8) is 0 Å². The van der Waals surface area contributed by atoms with Crippen molar-refractivity contribution >= 4 is 23.2 Å². The number of anilines is 1. The quantitative estimate of drug-likeness (QED) is 0.543. The Balaban J connectivity index is 0.00000196. The van der Waals surface area contributed by atoms with Crippen LogP contribution in [0, 0.1) is 6.92 Å². The molecule has 2 aromatic carbocycles. The zero-order chi connectivity index (χ0) is 17.2. The van der Waals surface area contributed by atoms with Crippen LogP contribution >= 0.6 is 0 Å². The zero-order valence-corrected chi connectivity index (χ0v) is 15.2. The van der Waals surface area contributed by atoms with Crippen LogP contribution in [-0.2, 0) is 11.3 Å². The molecule has 1 aliphatic heterocycles. The number of aromatic nitrogens is 1. The summed E-state index contributed by atoms with van der Waals surface area (Å²) in [4.78, 5) is 12.2. The predicted octanol–water partition coefficient (Wildman–Crippen LogP) is 0.828. The molecule has 130 valence electrons. The SMILES string of the molecule is Cc1cccc(C[n+]2ccc(/C=C3/C(=O)Nc4ccccc43)cc2)c1.[Cl-]. The van der Waals surface area contributed by atoms with E-state index >= 15 is 0 Å². The Kier molecular flexibility index (Phi) is 5.19. The Hall–Kier alpha value is -2.91. The van der Waals surface area contributed by atoms with E-state index in [-0.39, 0.29) is 18.3 Å². The number of pyridine rings is 1. The van der Waals surface area contributed by atoms with Crippen molar-refractivity contribution < 1.29 is 21.8 Å². The first-order valence-electron chi connectivity index (χ1n) is 8.36. The summed E-state index contributed by atoms with van der Waals surface area (Å²) in [5.41, 5.74) is 6.12. The molecule has 0 bridgehead atoms. The summed E-state index contributed by atoms with van der Waals surface area (Å²) in [7, 11) is 0. The number of nitrogens with zero attached hydrogens (tertiary/aromatic N) is 1. The highest BCUT2D eigenvalue weighted by atomic mass is 35.5. The zero-order valence-electron chi connectivity index (χ0n) is 14.4. The second-order valence-electron chi connectivity index (χ2n) is 6.35. The van der Waals surface area contributed by atoms with E-state index in [1.807, 2.05) is 54.9 Å². The molecule has 0 saturated heterocycles. The fourth-order valence-electron chi connectivity index (χ4n) is 3.14. The van der Waals surface area contributed by atoms with Gasteiger partial charge >= 0.3 is 0 Å². The van der Waals surface area contributed by atoms with E-state index in [1.165, 1.54) is 11.1 Å². The van der Waals surface area contributed by atoms with Gasteiger partial charge in [-0.3, -0.25) is 4.79 Å². The molecule has 0 radical (unpaired) electrons. The summed E-state index contributed by atoms with van der Waals surface area (Å²) < 4.78 is 2.14. The van der Waals surface area contributed by atoms with Crippen LogP contribution in [0.1, 0.15) is 22.3 Å². The van der Waals surface area contributed by atoms with Gasteiger partial charge in [-0.05, 0) is 30.7 Å². The van der Waals surface area contributed by atoms with Crippen LogP contribution in [-0.4, -0.2) is 5.91 Å². The molecule has 1 aromatic heterocycles. The minimum Gasteiger partial charge on any atom is -1.00 e. The maximum absolute atomic E-state index is 12.2. The van der Waals surface area contributed by atoms with Crippen molar-refractivity contribution in [2.75, 3.05) is 5.32 Å². The molecule has 26 heavy (non-hydrogen) atoms. The summed E-state index contributed by atoms with van der Waals surface area (Å²) in [6.45, 7) is 2.94. The number of rotatable bonds is 3. The molecule has 4 rings (SSSR count). The van der Waals surface area contributed by atoms with Gasteiger partial charge in [0.05, 0.1) is 0 Å². The number of amides is 1. The van der Waals surface area contributed by atoms with Crippen LogP contribution in [0.3, 0.4) is 0 Å². The molecule has 3 nitrogen and oxygen atoms in total. The lowest BCUT2D eigenvalue weighted by atomic mass is 10.0. The van der Waals surface area contributed by atoms with Gasteiger partial charge in [-0.2, -0.15) is 0 Å². The highest BCUT2D eigenvalue weighted by molar-refractivity contribution is 6.34. The molecule has 0 aliphatic carbocycles. The van der Waals surface area contributed by atoms with E-state index in [0.717, 1.165) is 23.4 Å². The Bertz CT molecular complexity index is 977. The molecule has 0 unspecified atom stereocenters. The fraction of sp³-hybridized carbons (Fsp3) is 0.0909. The monoisotopic (exact) mass is 362 g/mol. The number of fused-ring (bicyclic) bond motifs is 1. The van der Waals surface area contributed by atoms with E-state index in [9.17, 15) is 4.79 Å². The van der Waals surface area contributed by atoms with Crippen LogP contribution in [0.25, 0.3) is 11.6 Å². The van der Waals surface area contributed by atoms with Gasteiger partial charge in [-0.25, -0.2) is 4.57 Å². The van der Waals surface area contributed by atoms with Crippen molar-refractivity contribution in [3.05, 3.63) is 95.3 Å². The molecule has 2 heterocycles. The Labute approximate surface area is 159 Å². The lowest BCUT2D eigenvalue weighted by molar-refractivity contribution is -0.688. The lowest BCUT2D eigenvalue weighted by Crippen LogP contribution is -3.00. The van der Waals surface area contributed by atoms with Gasteiger partial charge in [-0.1, -0.05) is 42.0 Å². The molecule has 0 saturated carbocycles. The number of aryl methyl sites for hydroxylation is 1. The third kappa shape index (κ3) is 3.68. The summed E-state index contributed by atoms with van der Waals surface area (Å²) in [5.74, 6) is -0.0438. The van der Waals surface area contributed by atoms with Gasteiger partial charge in [0.15, 0.2) is 18.9 Å². The standard InChI is InChI=1S/C22H18N2O.ClH/c1-16-5-4-6-18(13-16)15-24-11-9-17(10-12-24)14-20-19-7-2-3-8-21(19)23-22(20)25;/h2-14H,15H2,1H3;1H. The van der Waals surface area contributed by atoms with Gasteiger partial charge in [0.25, 0.3) is 5.91 Å². The first-order chi connectivity index (χ1) is 12.2. The van der Waals surface area contributed by atoms with Crippen LogP contribution in [0.5, 0.6) is 0 Å². The third-order valence-electron chi connectivity index (χ3n) is 4.39. The maximum atomic E-state index is 12.2. The molecule has 0 fully saturated rings. The van der Waals surface area contributed by atoms with Crippen molar-refractivity contribution in [1.29, 1.82) is 0 Å². The van der Waals surface area contributed by atoms with E-state index < -0.39 is 0 Å². The summed E-state index contributed by atoms with van der Waals surface area (Å²) in [5, 5.41) is 2.90. The first-order valence-corrected chi connectivity index (χ1v) is 8.36. The molecule has 0 spiro atoms. The van der Waals surface area contributed by atoms with E-state index in [1.54, 1.807) is 0 Å². The molecule has 0 atom stereocenters. The maximum Gasteiger partial charge on any atom is 0.256 e. The first kappa shape index (κ1) is 17.9. The van der Waals surface area contributed by atoms with Crippen LogP contribution in [0.15, 0.2) is 73.1 Å². The average molecular weight is 363 g/mol. The smallest absolute Gasteiger partial charge is 0.256 e. The molecular weight excluding hydrogens is 344 g/mol. The van der Waals surface area contributed by atoms with E-state index in [2.05, 4.69) is 41.1 Å². The van der Waals surface area contributed by atoms with E-state index in [0.29, 0.717) is 5.57 Å². The predicted molar refractivity (Wildman–Crippen MR) is 99.9 cm³/mol. The molecule has 1 aliphatic rings. The second-order valence-corrected chi connectivity index (χ2v) is 6.35.